The Kier molecular flexibility index (Phi) is 7.17. The number of nitrogens with one attached hydrogen (secondary N) is 1. The summed E-state index contributed by atoms with van der Waals surface area (Å²) in [4.78, 5) is 12.4. The van der Waals surface area contributed by atoms with E-state index in [1.54, 1.807) is 32.4 Å². The van der Waals surface area contributed by atoms with Crippen molar-refractivity contribution < 1.29 is 23.7 Å². The lowest BCUT2D eigenvalue weighted by atomic mass is 10.2. The third-order valence-electron chi connectivity index (χ3n) is 3.42. The van der Waals surface area contributed by atoms with Gasteiger partial charge in [-0.3, -0.25) is 4.79 Å². The molecule has 0 aliphatic rings. The van der Waals surface area contributed by atoms with Gasteiger partial charge in [0.25, 0.3) is 5.91 Å². The molecule has 1 amide bonds. The highest BCUT2D eigenvalue weighted by atomic mass is 127. The number of carbonyl (C=O) groups is 1. The fourth-order valence-electron chi connectivity index (χ4n) is 2.15. The Bertz CT molecular complexity index is 735. The highest BCUT2D eigenvalue weighted by Gasteiger charge is 2.15. The van der Waals surface area contributed by atoms with Gasteiger partial charge in [-0.1, -0.05) is 6.07 Å². The first kappa shape index (κ1) is 19.2. The second-order valence-electron chi connectivity index (χ2n) is 4.97. The van der Waals surface area contributed by atoms with E-state index in [9.17, 15) is 4.79 Å². The molecule has 6 nitrogen and oxygen atoms in total. The Morgan fingerprint density at radius 3 is 2.36 bits per heavy atom. The monoisotopic (exact) mass is 457 g/mol. The molecule has 0 heterocycles. The summed E-state index contributed by atoms with van der Waals surface area (Å²) in [7, 11) is 4.70. The molecule has 7 heteroatoms. The summed E-state index contributed by atoms with van der Waals surface area (Å²) in [6.45, 7) is 0.725. The number of halogens is 1. The van der Waals surface area contributed by atoms with E-state index >= 15 is 0 Å². The number of rotatable bonds is 8. The molecule has 0 bridgehead atoms. The summed E-state index contributed by atoms with van der Waals surface area (Å²) in [5.41, 5.74) is 0.527. The lowest BCUT2D eigenvalue weighted by Gasteiger charge is -2.12. The average molecular weight is 457 g/mol. The minimum Gasteiger partial charge on any atom is -0.497 e. The van der Waals surface area contributed by atoms with E-state index in [1.165, 1.54) is 7.11 Å². The second kappa shape index (κ2) is 9.36. The van der Waals surface area contributed by atoms with E-state index in [-0.39, 0.29) is 5.91 Å². The minimum atomic E-state index is -0.195. The Morgan fingerprint density at radius 1 is 1.00 bits per heavy atom. The number of ether oxygens (including phenoxy) is 4. The number of benzene rings is 2. The second-order valence-corrected chi connectivity index (χ2v) is 6.13. The molecule has 134 valence electrons. The molecule has 0 spiro atoms. The highest BCUT2D eigenvalue weighted by molar-refractivity contribution is 14.1. The molecule has 0 aliphatic carbocycles. The molecule has 0 aliphatic heterocycles. The quantitative estimate of drug-likeness (QED) is 0.488. The van der Waals surface area contributed by atoms with E-state index in [0.717, 1.165) is 9.32 Å². The van der Waals surface area contributed by atoms with Crippen LogP contribution in [0.5, 0.6) is 23.0 Å². The van der Waals surface area contributed by atoms with Crippen LogP contribution in [0, 0.1) is 3.57 Å². The number of carbonyl (C=O) groups excluding carboxylic acids is 1. The van der Waals surface area contributed by atoms with Crippen molar-refractivity contribution in [3.8, 4) is 23.0 Å². The first-order chi connectivity index (χ1) is 12.1. The van der Waals surface area contributed by atoms with Crippen molar-refractivity contribution in [2.24, 2.45) is 0 Å². The third-order valence-corrected chi connectivity index (χ3v) is 4.31. The van der Waals surface area contributed by atoms with Crippen molar-refractivity contribution in [2.75, 3.05) is 34.5 Å². The van der Waals surface area contributed by atoms with Crippen molar-refractivity contribution in [3.63, 3.8) is 0 Å². The van der Waals surface area contributed by atoms with Gasteiger partial charge < -0.3 is 24.3 Å². The summed E-state index contributed by atoms with van der Waals surface area (Å²) >= 11 is 2.09. The fourth-order valence-corrected chi connectivity index (χ4v) is 2.83. The van der Waals surface area contributed by atoms with Crippen molar-refractivity contribution in [2.45, 2.75) is 0 Å². The predicted molar refractivity (Wildman–Crippen MR) is 103 cm³/mol. The molecule has 0 saturated heterocycles. The van der Waals surface area contributed by atoms with E-state index in [0.29, 0.717) is 36.0 Å². The molecule has 2 rings (SSSR count). The van der Waals surface area contributed by atoms with Gasteiger partial charge in [0.05, 0.1) is 33.4 Å². The van der Waals surface area contributed by atoms with Gasteiger partial charge in [-0.2, -0.15) is 0 Å². The van der Waals surface area contributed by atoms with Crippen LogP contribution >= 0.6 is 22.6 Å². The Hall–Kier alpha value is -2.16. The third kappa shape index (κ3) is 5.15. The first-order valence-corrected chi connectivity index (χ1v) is 8.63. The van der Waals surface area contributed by atoms with Crippen LogP contribution in [0.1, 0.15) is 10.4 Å². The zero-order chi connectivity index (χ0) is 18.2. The van der Waals surface area contributed by atoms with E-state index in [1.807, 2.05) is 18.2 Å². The normalized spacial score (nSPS) is 10.1. The first-order valence-electron chi connectivity index (χ1n) is 7.55. The molecule has 0 aromatic heterocycles. The average Bonchev–Trinajstić information content (AvgIpc) is 2.64. The SMILES string of the molecule is COc1cccc(OCCNC(=O)c2cc(OC)c(OC)cc2I)c1. The van der Waals surface area contributed by atoms with Crippen molar-refractivity contribution in [1.29, 1.82) is 0 Å². The van der Waals surface area contributed by atoms with Gasteiger partial charge in [-0.15, -0.1) is 0 Å². The minimum absolute atomic E-state index is 0.195. The number of amides is 1. The van der Waals surface area contributed by atoms with Gasteiger partial charge in [0.15, 0.2) is 11.5 Å². The molecule has 2 aromatic carbocycles. The van der Waals surface area contributed by atoms with E-state index in [4.69, 9.17) is 18.9 Å². The molecule has 25 heavy (non-hydrogen) atoms. The number of hydrogen-bond donors (Lipinski definition) is 1. The van der Waals surface area contributed by atoms with Crippen molar-refractivity contribution >= 4 is 28.5 Å². The van der Waals surface area contributed by atoms with Crippen LogP contribution in [-0.2, 0) is 0 Å². The van der Waals surface area contributed by atoms with Gasteiger partial charge in [-0.25, -0.2) is 0 Å². The molecule has 0 fully saturated rings. The molecule has 0 atom stereocenters. The highest BCUT2D eigenvalue weighted by Crippen LogP contribution is 2.31. The summed E-state index contributed by atoms with van der Waals surface area (Å²) in [5, 5.41) is 2.83. The Labute approximate surface area is 160 Å². The van der Waals surface area contributed by atoms with Crippen molar-refractivity contribution in [1.82, 2.24) is 5.32 Å². The van der Waals surface area contributed by atoms with Crippen LogP contribution in [0.4, 0.5) is 0 Å². The van der Waals surface area contributed by atoms with E-state index in [2.05, 4.69) is 27.9 Å². The predicted octanol–water partition coefficient (Wildman–Crippen LogP) is 3.13. The van der Waals surface area contributed by atoms with Crippen LogP contribution in [0.25, 0.3) is 0 Å². The fraction of sp³-hybridized carbons (Fsp3) is 0.278. The Morgan fingerprint density at radius 2 is 1.68 bits per heavy atom. The van der Waals surface area contributed by atoms with Gasteiger partial charge in [0.2, 0.25) is 0 Å². The molecule has 0 unspecified atom stereocenters. The van der Waals surface area contributed by atoms with Crippen LogP contribution in [0.15, 0.2) is 36.4 Å². The number of hydrogen-bond acceptors (Lipinski definition) is 5. The summed E-state index contributed by atoms with van der Waals surface area (Å²) in [6, 6.07) is 10.7. The topological polar surface area (TPSA) is 66.0 Å². The molecule has 2 aromatic rings. The summed E-state index contributed by atoms with van der Waals surface area (Å²) in [6.07, 6.45) is 0. The lowest BCUT2D eigenvalue weighted by molar-refractivity contribution is 0.0945. The largest absolute Gasteiger partial charge is 0.497 e. The molecular weight excluding hydrogens is 437 g/mol. The number of methoxy groups -OCH3 is 3. The van der Waals surface area contributed by atoms with Crippen molar-refractivity contribution in [3.05, 3.63) is 45.5 Å². The van der Waals surface area contributed by atoms with Crippen LogP contribution in [0.2, 0.25) is 0 Å². The van der Waals surface area contributed by atoms with Gasteiger partial charge in [-0.05, 0) is 46.9 Å². The molecule has 0 radical (unpaired) electrons. The maximum atomic E-state index is 12.4. The molecule has 0 saturated carbocycles. The maximum Gasteiger partial charge on any atom is 0.252 e. The Balaban J connectivity index is 1.92. The van der Waals surface area contributed by atoms with Crippen LogP contribution in [-0.4, -0.2) is 40.4 Å². The molecule has 1 N–H and O–H groups in total. The smallest absolute Gasteiger partial charge is 0.252 e. The van der Waals surface area contributed by atoms with Gasteiger partial charge >= 0.3 is 0 Å². The van der Waals surface area contributed by atoms with Gasteiger partial charge in [0, 0.05) is 9.64 Å². The maximum absolute atomic E-state index is 12.4. The molecular formula is C18H20INO5. The lowest BCUT2D eigenvalue weighted by Crippen LogP contribution is -2.28. The zero-order valence-corrected chi connectivity index (χ0v) is 16.5. The summed E-state index contributed by atoms with van der Waals surface area (Å²) in [5.74, 6) is 2.32. The van der Waals surface area contributed by atoms with Crippen LogP contribution < -0.4 is 24.3 Å². The van der Waals surface area contributed by atoms with Crippen LogP contribution in [0.3, 0.4) is 0 Å². The standard InChI is InChI=1S/C18H20INO5/c1-22-12-5-4-6-13(9-12)25-8-7-20-18(21)14-10-16(23-2)17(24-3)11-15(14)19/h4-6,9-11H,7-8H2,1-3H3,(H,20,21). The van der Waals surface area contributed by atoms with Gasteiger partial charge in [0.1, 0.15) is 18.1 Å². The zero-order valence-electron chi connectivity index (χ0n) is 14.3. The summed E-state index contributed by atoms with van der Waals surface area (Å²) < 4.78 is 22.0. The van der Waals surface area contributed by atoms with E-state index < -0.39 is 0 Å².